The molecule has 0 unspecified atom stereocenters. The summed E-state index contributed by atoms with van der Waals surface area (Å²) in [5.41, 5.74) is 1.35. The molecular formula is C10H13ClO-2. The normalized spacial score (nSPS) is 10.6. The minimum Gasteiger partial charge on any atom is -1.00 e. The van der Waals surface area contributed by atoms with Crippen LogP contribution in [-0.4, -0.2) is 0 Å². The molecular weight excluding hydrogens is 172 g/mol. The minimum atomic E-state index is 0. The molecule has 0 aromatic heterocycles. The van der Waals surface area contributed by atoms with E-state index in [9.17, 15) is 5.11 Å². The molecule has 0 saturated carbocycles. The van der Waals surface area contributed by atoms with Crippen molar-refractivity contribution in [1.82, 2.24) is 0 Å². The van der Waals surface area contributed by atoms with Crippen LogP contribution in [0, 0.1) is 0 Å². The van der Waals surface area contributed by atoms with Crippen molar-refractivity contribution < 1.29 is 17.5 Å². The highest BCUT2D eigenvalue weighted by Gasteiger charge is 2.11. The van der Waals surface area contributed by atoms with Crippen LogP contribution in [0.4, 0.5) is 0 Å². The van der Waals surface area contributed by atoms with Gasteiger partial charge in [-0.1, -0.05) is 45.0 Å². The smallest absolute Gasteiger partial charge is 0.0132 e. The Hall–Kier alpha value is -0.690. The number of halogens is 1. The molecule has 0 spiro atoms. The number of hydrogen-bond donors (Lipinski definition) is 0. The highest BCUT2D eigenvalue weighted by atomic mass is 35.5. The summed E-state index contributed by atoms with van der Waals surface area (Å²) in [7, 11) is 0. The molecule has 0 radical (unpaired) electrons. The maximum Gasteiger partial charge on any atom is -0.0132 e. The van der Waals surface area contributed by atoms with Crippen molar-refractivity contribution in [2.75, 3.05) is 0 Å². The lowest BCUT2D eigenvalue weighted by molar-refractivity contribution is -0.268. The first-order valence-electron chi connectivity index (χ1n) is 3.78. The van der Waals surface area contributed by atoms with Crippen LogP contribution in [0.25, 0.3) is 0 Å². The monoisotopic (exact) mass is 184 g/mol. The van der Waals surface area contributed by atoms with Gasteiger partial charge < -0.3 is 17.5 Å². The minimum absolute atomic E-state index is 0. The maximum atomic E-state index is 10.7. The molecule has 0 heterocycles. The van der Waals surface area contributed by atoms with Gasteiger partial charge in [-0.05, 0) is 11.0 Å². The van der Waals surface area contributed by atoms with E-state index in [0.29, 0.717) is 0 Å². The molecule has 1 aromatic carbocycles. The molecule has 0 saturated heterocycles. The molecule has 0 aliphatic rings. The van der Waals surface area contributed by atoms with Gasteiger partial charge in [0.15, 0.2) is 0 Å². The van der Waals surface area contributed by atoms with Crippen molar-refractivity contribution in [3.05, 3.63) is 29.8 Å². The van der Waals surface area contributed by atoms with Crippen molar-refractivity contribution in [3.63, 3.8) is 0 Å². The van der Waals surface area contributed by atoms with Gasteiger partial charge in [0.1, 0.15) is 0 Å². The second-order valence-corrected chi connectivity index (χ2v) is 3.77. The van der Waals surface area contributed by atoms with Gasteiger partial charge in [-0.15, -0.1) is 5.75 Å². The van der Waals surface area contributed by atoms with Crippen LogP contribution in [0.3, 0.4) is 0 Å². The molecule has 2 heteroatoms. The predicted octanol–water partition coefficient (Wildman–Crippen LogP) is -0.938. The molecule has 0 aliphatic heterocycles. The molecule has 0 amide bonds. The number of benzene rings is 1. The van der Waals surface area contributed by atoms with E-state index in [4.69, 9.17) is 0 Å². The van der Waals surface area contributed by atoms with Gasteiger partial charge in [-0.25, -0.2) is 0 Å². The second-order valence-electron chi connectivity index (χ2n) is 3.77. The van der Waals surface area contributed by atoms with Crippen LogP contribution >= 0.6 is 0 Å². The molecule has 0 bridgehead atoms. The Morgan fingerprint density at radius 3 is 1.75 bits per heavy atom. The third kappa shape index (κ3) is 2.74. The summed E-state index contributed by atoms with van der Waals surface area (Å²) in [5, 5.41) is 10.7. The first kappa shape index (κ1) is 11.3. The lowest BCUT2D eigenvalue weighted by Gasteiger charge is -2.19. The summed E-state index contributed by atoms with van der Waals surface area (Å²) < 4.78 is 0. The van der Waals surface area contributed by atoms with Crippen molar-refractivity contribution in [2.24, 2.45) is 0 Å². The Balaban J connectivity index is 0.00000121. The van der Waals surface area contributed by atoms with Crippen LogP contribution < -0.4 is 17.5 Å². The molecule has 0 fully saturated rings. The number of rotatable bonds is 0. The van der Waals surface area contributed by atoms with Gasteiger partial charge >= 0.3 is 0 Å². The van der Waals surface area contributed by atoms with E-state index in [1.54, 1.807) is 12.1 Å². The number of hydrogen-bond acceptors (Lipinski definition) is 1. The standard InChI is InChI=1S/C10H14O.ClH/c1-10(2,3)8-4-6-9(11)7-5-8;/h4-7,11H,1-3H3;1H/p-2. The van der Waals surface area contributed by atoms with Crippen molar-refractivity contribution >= 4 is 0 Å². The summed E-state index contributed by atoms with van der Waals surface area (Å²) in [4.78, 5) is 0. The molecule has 0 atom stereocenters. The highest BCUT2D eigenvalue weighted by Crippen LogP contribution is 2.22. The lowest BCUT2D eigenvalue weighted by Crippen LogP contribution is -3.00. The summed E-state index contributed by atoms with van der Waals surface area (Å²) in [5.74, 6) is 0.0815. The van der Waals surface area contributed by atoms with E-state index >= 15 is 0 Å². The van der Waals surface area contributed by atoms with E-state index in [2.05, 4.69) is 20.8 Å². The van der Waals surface area contributed by atoms with E-state index in [1.807, 2.05) is 12.1 Å². The predicted molar refractivity (Wildman–Crippen MR) is 44.6 cm³/mol. The fourth-order valence-corrected chi connectivity index (χ4v) is 0.955. The van der Waals surface area contributed by atoms with Crippen molar-refractivity contribution in [2.45, 2.75) is 26.2 Å². The Bertz CT molecular complexity index is 233. The van der Waals surface area contributed by atoms with E-state index in [0.717, 1.165) is 0 Å². The van der Waals surface area contributed by atoms with Crippen molar-refractivity contribution in [3.8, 4) is 5.75 Å². The Kier molecular flexibility index (Phi) is 3.59. The summed E-state index contributed by atoms with van der Waals surface area (Å²) in [6.45, 7) is 6.40. The largest absolute Gasteiger partial charge is 1.00 e. The second kappa shape index (κ2) is 3.81. The third-order valence-electron chi connectivity index (χ3n) is 1.72. The SMILES string of the molecule is CC(C)(C)c1ccc([O-])cc1.[Cl-]. The molecule has 1 rings (SSSR count). The highest BCUT2D eigenvalue weighted by molar-refractivity contribution is 5.29. The zero-order valence-corrected chi connectivity index (χ0v) is 8.35. The van der Waals surface area contributed by atoms with E-state index in [-0.39, 0.29) is 23.6 Å². The first-order chi connectivity index (χ1) is 5.00. The van der Waals surface area contributed by atoms with Gasteiger partial charge in [-0.3, -0.25) is 0 Å². The van der Waals surface area contributed by atoms with Crippen LogP contribution in [0.15, 0.2) is 24.3 Å². The van der Waals surface area contributed by atoms with Crippen LogP contribution in [0.5, 0.6) is 5.75 Å². The van der Waals surface area contributed by atoms with Gasteiger partial charge in [-0.2, -0.15) is 0 Å². The zero-order chi connectivity index (χ0) is 8.48. The summed E-state index contributed by atoms with van der Waals surface area (Å²) in [6, 6.07) is 7.01. The average molecular weight is 185 g/mol. The fraction of sp³-hybridized carbons (Fsp3) is 0.400. The van der Waals surface area contributed by atoms with Gasteiger partial charge in [0, 0.05) is 0 Å². The summed E-state index contributed by atoms with van der Waals surface area (Å²) >= 11 is 0. The van der Waals surface area contributed by atoms with Crippen LogP contribution in [0.2, 0.25) is 0 Å². The Labute approximate surface area is 79.8 Å². The molecule has 1 nitrogen and oxygen atoms in total. The summed E-state index contributed by atoms with van der Waals surface area (Å²) in [6.07, 6.45) is 0. The molecule has 1 aromatic rings. The third-order valence-corrected chi connectivity index (χ3v) is 1.72. The maximum absolute atomic E-state index is 10.7. The topological polar surface area (TPSA) is 23.1 Å². The lowest BCUT2D eigenvalue weighted by atomic mass is 9.87. The van der Waals surface area contributed by atoms with Gasteiger partial charge in [0.25, 0.3) is 0 Å². The first-order valence-corrected chi connectivity index (χ1v) is 3.78. The van der Waals surface area contributed by atoms with E-state index < -0.39 is 0 Å². The molecule has 0 aliphatic carbocycles. The van der Waals surface area contributed by atoms with E-state index in [1.165, 1.54) is 5.56 Å². The van der Waals surface area contributed by atoms with Crippen molar-refractivity contribution in [1.29, 1.82) is 0 Å². The quantitative estimate of drug-likeness (QED) is 0.511. The van der Waals surface area contributed by atoms with Crippen LogP contribution in [-0.2, 0) is 5.41 Å². The Morgan fingerprint density at radius 1 is 1.00 bits per heavy atom. The average Bonchev–Trinajstić information content (AvgIpc) is 1.86. The van der Waals surface area contributed by atoms with Gasteiger partial charge in [0.2, 0.25) is 0 Å². The van der Waals surface area contributed by atoms with Gasteiger partial charge in [0.05, 0.1) is 0 Å². The zero-order valence-electron chi connectivity index (χ0n) is 7.60. The Morgan fingerprint density at radius 2 is 1.42 bits per heavy atom. The fourth-order valence-electron chi connectivity index (χ4n) is 0.955. The molecule has 68 valence electrons. The van der Waals surface area contributed by atoms with Crippen LogP contribution in [0.1, 0.15) is 26.3 Å². The molecule has 12 heavy (non-hydrogen) atoms. The molecule has 0 N–H and O–H groups in total.